The summed E-state index contributed by atoms with van der Waals surface area (Å²) in [6.45, 7) is 3.54. The number of thiazole rings is 1. The molecule has 1 aliphatic rings. The van der Waals surface area contributed by atoms with E-state index in [0.717, 1.165) is 20.7 Å². The first-order chi connectivity index (χ1) is 13.2. The standard InChI is InChI=1S/C19H21BrN4O3S/c1-19(2)16(26)24(18(27)23-19)9-3-4-15(25)22-17-21-11-14(28-17)10-12-5-7-13(20)8-6-12/h5-8,11H,3-4,9-10H2,1-2H3,(H,23,27)(H,21,22,25). The highest BCUT2D eigenvalue weighted by Gasteiger charge is 2.43. The number of nitrogens with zero attached hydrogens (tertiary/aromatic N) is 2. The molecule has 1 saturated heterocycles. The molecule has 0 bridgehead atoms. The fourth-order valence-electron chi connectivity index (χ4n) is 2.85. The highest BCUT2D eigenvalue weighted by Crippen LogP contribution is 2.22. The van der Waals surface area contributed by atoms with E-state index < -0.39 is 11.6 Å². The van der Waals surface area contributed by atoms with Crippen LogP contribution in [0, 0.1) is 0 Å². The van der Waals surface area contributed by atoms with Gasteiger partial charge in [0.05, 0.1) is 0 Å². The molecule has 0 atom stereocenters. The molecular weight excluding hydrogens is 444 g/mol. The molecule has 0 saturated carbocycles. The fourth-order valence-corrected chi connectivity index (χ4v) is 3.98. The van der Waals surface area contributed by atoms with Crippen LogP contribution < -0.4 is 10.6 Å². The van der Waals surface area contributed by atoms with Crippen LogP contribution in [0.2, 0.25) is 0 Å². The van der Waals surface area contributed by atoms with Gasteiger partial charge in [-0.05, 0) is 38.0 Å². The van der Waals surface area contributed by atoms with E-state index in [1.165, 1.54) is 16.9 Å². The van der Waals surface area contributed by atoms with Gasteiger partial charge in [-0.2, -0.15) is 0 Å². The first-order valence-electron chi connectivity index (χ1n) is 8.88. The average molecular weight is 465 g/mol. The maximum Gasteiger partial charge on any atom is 0.325 e. The van der Waals surface area contributed by atoms with Gasteiger partial charge in [0.1, 0.15) is 5.54 Å². The van der Waals surface area contributed by atoms with Gasteiger partial charge in [-0.3, -0.25) is 14.5 Å². The number of hydrogen-bond acceptors (Lipinski definition) is 5. The summed E-state index contributed by atoms with van der Waals surface area (Å²) in [5.74, 6) is -0.453. The smallest absolute Gasteiger partial charge is 0.324 e. The predicted octanol–water partition coefficient (Wildman–Crippen LogP) is 3.55. The van der Waals surface area contributed by atoms with Crippen molar-refractivity contribution in [3.8, 4) is 0 Å². The van der Waals surface area contributed by atoms with Crippen molar-refractivity contribution in [3.05, 3.63) is 45.4 Å². The quantitative estimate of drug-likeness (QED) is 0.612. The molecule has 1 aromatic heterocycles. The summed E-state index contributed by atoms with van der Waals surface area (Å²) >= 11 is 4.85. The zero-order valence-electron chi connectivity index (χ0n) is 15.6. The van der Waals surface area contributed by atoms with Gasteiger partial charge in [-0.15, -0.1) is 11.3 Å². The maximum absolute atomic E-state index is 12.1. The number of benzene rings is 1. The van der Waals surface area contributed by atoms with Gasteiger partial charge < -0.3 is 10.6 Å². The van der Waals surface area contributed by atoms with Crippen molar-refractivity contribution in [1.29, 1.82) is 0 Å². The van der Waals surface area contributed by atoms with Crippen LogP contribution in [0.4, 0.5) is 9.93 Å². The summed E-state index contributed by atoms with van der Waals surface area (Å²) in [4.78, 5) is 42.5. The predicted molar refractivity (Wildman–Crippen MR) is 111 cm³/mol. The van der Waals surface area contributed by atoms with Crippen LogP contribution in [0.1, 0.15) is 37.1 Å². The lowest BCUT2D eigenvalue weighted by atomic mass is 10.1. The molecule has 0 spiro atoms. The maximum atomic E-state index is 12.1. The van der Waals surface area contributed by atoms with E-state index in [1.807, 2.05) is 24.3 Å². The third-order valence-corrected chi connectivity index (χ3v) is 5.76. The monoisotopic (exact) mass is 464 g/mol. The summed E-state index contributed by atoms with van der Waals surface area (Å²) in [6.07, 6.45) is 3.12. The number of carbonyl (C=O) groups excluding carboxylic acids is 3. The van der Waals surface area contributed by atoms with Gasteiger partial charge in [-0.25, -0.2) is 9.78 Å². The molecule has 0 aliphatic carbocycles. The molecule has 1 aromatic carbocycles. The van der Waals surface area contributed by atoms with E-state index in [2.05, 4.69) is 31.5 Å². The number of nitrogens with one attached hydrogen (secondary N) is 2. The third kappa shape index (κ3) is 4.96. The molecule has 1 aliphatic heterocycles. The van der Waals surface area contributed by atoms with Crippen LogP contribution in [0.15, 0.2) is 34.9 Å². The highest BCUT2D eigenvalue weighted by molar-refractivity contribution is 9.10. The van der Waals surface area contributed by atoms with Crippen molar-refractivity contribution >= 4 is 50.2 Å². The first kappa shape index (κ1) is 20.5. The van der Waals surface area contributed by atoms with Crippen LogP contribution in [0.25, 0.3) is 0 Å². The Morgan fingerprint density at radius 3 is 2.64 bits per heavy atom. The van der Waals surface area contributed by atoms with Crippen LogP contribution in [0.5, 0.6) is 0 Å². The molecule has 4 amide bonds. The number of rotatable bonds is 7. The molecule has 9 heteroatoms. The first-order valence-corrected chi connectivity index (χ1v) is 10.5. The van der Waals surface area contributed by atoms with Crippen molar-refractivity contribution in [2.75, 3.05) is 11.9 Å². The molecule has 148 valence electrons. The summed E-state index contributed by atoms with van der Waals surface area (Å²) in [6, 6.07) is 7.66. The van der Waals surface area contributed by atoms with Crippen LogP contribution in [-0.4, -0.2) is 39.8 Å². The number of urea groups is 1. The SMILES string of the molecule is CC1(C)NC(=O)N(CCCC(=O)Nc2ncc(Cc3ccc(Br)cc3)s2)C1=O. The Kier molecular flexibility index (Phi) is 6.14. The van der Waals surface area contributed by atoms with Gasteiger partial charge in [0.15, 0.2) is 5.13 Å². The van der Waals surface area contributed by atoms with Crippen LogP contribution in [-0.2, 0) is 16.0 Å². The molecule has 2 aromatic rings. The molecule has 0 unspecified atom stereocenters. The molecule has 28 heavy (non-hydrogen) atoms. The summed E-state index contributed by atoms with van der Waals surface area (Å²) in [7, 11) is 0. The topological polar surface area (TPSA) is 91.4 Å². The van der Waals surface area contributed by atoms with Gasteiger partial charge >= 0.3 is 6.03 Å². The Labute approximate surface area is 175 Å². The van der Waals surface area contributed by atoms with Gasteiger partial charge in [-0.1, -0.05) is 28.1 Å². The molecular formula is C19H21BrN4O3S. The van der Waals surface area contributed by atoms with Gasteiger partial charge in [0, 0.05) is 34.9 Å². The zero-order chi connectivity index (χ0) is 20.3. The normalized spacial score (nSPS) is 15.6. The second-order valence-electron chi connectivity index (χ2n) is 7.10. The van der Waals surface area contributed by atoms with E-state index in [0.29, 0.717) is 11.6 Å². The highest BCUT2D eigenvalue weighted by atomic mass is 79.9. The van der Waals surface area contributed by atoms with E-state index in [4.69, 9.17) is 0 Å². The van der Waals surface area contributed by atoms with Gasteiger partial charge in [0.25, 0.3) is 5.91 Å². The lowest BCUT2D eigenvalue weighted by Crippen LogP contribution is -2.40. The minimum absolute atomic E-state index is 0.184. The number of aromatic nitrogens is 1. The van der Waals surface area contributed by atoms with Crippen molar-refractivity contribution in [1.82, 2.24) is 15.2 Å². The average Bonchev–Trinajstić information content (AvgIpc) is 3.13. The van der Waals surface area contributed by atoms with E-state index in [-0.39, 0.29) is 24.8 Å². The minimum Gasteiger partial charge on any atom is -0.324 e. The Balaban J connectivity index is 1.45. The fraction of sp³-hybridized carbons (Fsp3) is 0.368. The molecule has 7 nitrogen and oxygen atoms in total. The Hall–Kier alpha value is -2.26. The molecule has 3 rings (SSSR count). The van der Waals surface area contributed by atoms with E-state index in [1.54, 1.807) is 20.0 Å². The summed E-state index contributed by atoms with van der Waals surface area (Å²) < 4.78 is 1.03. The second-order valence-corrected chi connectivity index (χ2v) is 9.13. The number of anilines is 1. The number of carbonyl (C=O) groups is 3. The Bertz CT molecular complexity index is 895. The molecule has 0 radical (unpaired) electrons. The molecule has 1 fully saturated rings. The molecule has 2 heterocycles. The van der Waals surface area contributed by atoms with E-state index >= 15 is 0 Å². The second kappa shape index (κ2) is 8.40. The number of imide groups is 1. The lowest BCUT2D eigenvalue weighted by Gasteiger charge is -2.15. The number of hydrogen-bond donors (Lipinski definition) is 2. The lowest BCUT2D eigenvalue weighted by molar-refractivity contribution is -0.130. The molecule has 2 N–H and O–H groups in total. The summed E-state index contributed by atoms with van der Waals surface area (Å²) in [5, 5.41) is 5.95. The van der Waals surface area contributed by atoms with Crippen molar-refractivity contribution in [3.63, 3.8) is 0 Å². The van der Waals surface area contributed by atoms with Crippen LogP contribution in [0.3, 0.4) is 0 Å². The van der Waals surface area contributed by atoms with Crippen molar-refractivity contribution in [2.45, 2.75) is 38.6 Å². The van der Waals surface area contributed by atoms with E-state index in [9.17, 15) is 14.4 Å². The Morgan fingerprint density at radius 1 is 1.29 bits per heavy atom. The van der Waals surface area contributed by atoms with Crippen molar-refractivity contribution < 1.29 is 14.4 Å². The zero-order valence-corrected chi connectivity index (χ0v) is 18.0. The third-order valence-electron chi connectivity index (χ3n) is 4.32. The number of amides is 4. The Morgan fingerprint density at radius 2 is 2.00 bits per heavy atom. The van der Waals surface area contributed by atoms with Gasteiger partial charge in [0.2, 0.25) is 5.91 Å². The largest absolute Gasteiger partial charge is 0.325 e. The summed E-state index contributed by atoms with van der Waals surface area (Å²) in [5.41, 5.74) is 0.284. The van der Waals surface area contributed by atoms with Crippen molar-refractivity contribution in [2.24, 2.45) is 0 Å². The van der Waals surface area contributed by atoms with Crippen LogP contribution >= 0.6 is 27.3 Å². The number of halogens is 1. The minimum atomic E-state index is -0.883.